The second kappa shape index (κ2) is 5.25. The van der Waals surface area contributed by atoms with Crippen molar-refractivity contribution < 1.29 is 8.78 Å². The minimum atomic E-state index is -0.823. The van der Waals surface area contributed by atoms with E-state index >= 15 is 0 Å². The molecule has 0 aliphatic rings. The smallest absolute Gasteiger partial charge is 0.159 e. The first kappa shape index (κ1) is 12.0. The molecule has 5 heteroatoms. The molecule has 0 amide bonds. The van der Waals surface area contributed by atoms with Gasteiger partial charge in [0.2, 0.25) is 0 Å². The summed E-state index contributed by atoms with van der Waals surface area (Å²) in [6.45, 7) is 1.11. The summed E-state index contributed by atoms with van der Waals surface area (Å²) in [4.78, 5) is 1.05. The maximum absolute atomic E-state index is 12.9. The minimum Gasteiger partial charge on any atom is -0.398 e. The standard InChI is InChI=1S/C12H12F2N2S/c13-9-2-1-8(5-10(9)14)6-16-7-12-11(15)3-4-17-12/h1-5,16H,6-7,15H2. The topological polar surface area (TPSA) is 38.0 Å². The normalized spacial score (nSPS) is 10.7. The lowest BCUT2D eigenvalue weighted by atomic mass is 10.2. The Labute approximate surface area is 102 Å². The zero-order valence-corrected chi connectivity index (χ0v) is 9.86. The molecular weight excluding hydrogens is 242 g/mol. The van der Waals surface area contributed by atoms with E-state index in [1.165, 1.54) is 6.07 Å². The largest absolute Gasteiger partial charge is 0.398 e. The van der Waals surface area contributed by atoms with E-state index in [0.29, 0.717) is 18.7 Å². The van der Waals surface area contributed by atoms with Gasteiger partial charge in [-0.05, 0) is 29.1 Å². The third-order valence-electron chi connectivity index (χ3n) is 2.38. The van der Waals surface area contributed by atoms with E-state index in [0.717, 1.165) is 16.6 Å². The van der Waals surface area contributed by atoms with Crippen LogP contribution in [0.1, 0.15) is 10.4 Å². The Morgan fingerprint density at radius 2 is 1.94 bits per heavy atom. The van der Waals surface area contributed by atoms with Gasteiger partial charge in [-0.25, -0.2) is 8.78 Å². The van der Waals surface area contributed by atoms with E-state index in [4.69, 9.17) is 5.73 Å². The molecule has 2 nitrogen and oxygen atoms in total. The van der Waals surface area contributed by atoms with Crippen LogP contribution < -0.4 is 11.1 Å². The van der Waals surface area contributed by atoms with Gasteiger partial charge in [0.25, 0.3) is 0 Å². The second-order valence-corrected chi connectivity index (χ2v) is 4.65. The number of halogens is 2. The Bertz CT molecular complexity index is 511. The summed E-state index contributed by atoms with van der Waals surface area (Å²) in [5.74, 6) is -1.64. The van der Waals surface area contributed by atoms with Crippen LogP contribution in [-0.2, 0) is 13.1 Å². The fraction of sp³-hybridized carbons (Fsp3) is 0.167. The summed E-state index contributed by atoms with van der Waals surface area (Å²) in [5, 5.41) is 5.05. The van der Waals surface area contributed by atoms with Crippen molar-refractivity contribution in [3.8, 4) is 0 Å². The van der Waals surface area contributed by atoms with Gasteiger partial charge in [0.15, 0.2) is 11.6 Å². The molecule has 3 N–H and O–H groups in total. The zero-order valence-electron chi connectivity index (χ0n) is 9.04. The molecule has 0 aliphatic carbocycles. The Balaban J connectivity index is 1.90. The third-order valence-corrected chi connectivity index (χ3v) is 3.32. The maximum Gasteiger partial charge on any atom is 0.159 e. The van der Waals surface area contributed by atoms with Gasteiger partial charge >= 0.3 is 0 Å². The minimum absolute atomic E-state index is 0.481. The monoisotopic (exact) mass is 254 g/mol. The molecule has 2 rings (SSSR count). The lowest BCUT2D eigenvalue weighted by Gasteiger charge is -2.04. The highest BCUT2D eigenvalue weighted by Gasteiger charge is 2.03. The van der Waals surface area contributed by atoms with Crippen LogP contribution >= 0.6 is 11.3 Å². The van der Waals surface area contributed by atoms with E-state index in [1.54, 1.807) is 17.4 Å². The molecule has 90 valence electrons. The molecule has 0 aliphatic heterocycles. The van der Waals surface area contributed by atoms with Crippen LogP contribution in [0.2, 0.25) is 0 Å². The fourth-order valence-corrected chi connectivity index (χ4v) is 2.23. The average Bonchev–Trinajstić information content (AvgIpc) is 2.70. The number of anilines is 1. The summed E-state index contributed by atoms with van der Waals surface area (Å²) in [5.41, 5.74) is 7.19. The van der Waals surface area contributed by atoms with Crippen molar-refractivity contribution in [2.45, 2.75) is 13.1 Å². The summed E-state index contributed by atoms with van der Waals surface area (Å²) in [6.07, 6.45) is 0. The van der Waals surface area contributed by atoms with Crippen LogP contribution in [0.25, 0.3) is 0 Å². The van der Waals surface area contributed by atoms with E-state index in [1.807, 2.05) is 11.4 Å². The van der Waals surface area contributed by atoms with Gasteiger partial charge < -0.3 is 11.1 Å². The molecule has 2 aromatic rings. The molecule has 0 saturated carbocycles. The summed E-state index contributed by atoms with van der Waals surface area (Å²) < 4.78 is 25.6. The van der Waals surface area contributed by atoms with Crippen molar-refractivity contribution in [1.29, 1.82) is 0 Å². The average molecular weight is 254 g/mol. The van der Waals surface area contributed by atoms with Gasteiger partial charge in [-0.2, -0.15) is 0 Å². The van der Waals surface area contributed by atoms with Gasteiger partial charge in [-0.3, -0.25) is 0 Å². The van der Waals surface area contributed by atoms with Crippen molar-refractivity contribution >= 4 is 17.0 Å². The number of rotatable bonds is 4. The molecule has 0 saturated heterocycles. The third kappa shape index (κ3) is 3.01. The predicted octanol–water partition coefficient (Wildman–Crippen LogP) is 2.90. The number of nitrogen functional groups attached to an aromatic ring is 1. The molecule has 0 radical (unpaired) electrons. The van der Waals surface area contributed by atoms with Crippen molar-refractivity contribution in [2.75, 3.05) is 5.73 Å². The molecular formula is C12H12F2N2S. The predicted molar refractivity (Wildman–Crippen MR) is 65.6 cm³/mol. The van der Waals surface area contributed by atoms with Crippen molar-refractivity contribution in [3.05, 3.63) is 51.7 Å². The van der Waals surface area contributed by atoms with E-state index < -0.39 is 11.6 Å². The first-order valence-corrected chi connectivity index (χ1v) is 6.01. The number of nitrogens with one attached hydrogen (secondary N) is 1. The van der Waals surface area contributed by atoms with Gasteiger partial charge in [-0.15, -0.1) is 11.3 Å². The van der Waals surface area contributed by atoms with Crippen LogP contribution in [0.5, 0.6) is 0 Å². The summed E-state index contributed by atoms with van der Waals surface area (Å²) >= 11 is 1.57. The molecule has 1 aromatic heterocycles. The van der Waals surface area contributed by atoms with Crippen LogP contribution in [-0.4, -0.2) is 0 Å². The highest BCUT2D eigenvalue weighted by molar-refractivity contribution is 7.10. The first-order valence-electron chi connectivity index (χ1n) is 5.13. The molecule has 0 fully saturated rings. The van der Waals surface area contributed by atoms with Crippen molar-refractivity contribution in [2.24, 2.45) is 0 Å². The Kier molecular flexibility index (Phi) is 3.71. The summed E-state index contributed by atoms with van der Waals surface area (Å²) in [6, 6.07) is 5.73. The lowest BCUT2D eigenvalue weighted by molar-refractivity contribution is 0.506. The number of nitrogens with two attached hydrogens (primary N) is 1. The van der Waals surface area contributed by atoms with Crippen molar-refractivity contribution in [1.82, 2.24) is 5.32 Å². The lowest BCUT2D eigenvalue weighted by Crippen LogP contribution is -2.12. The maximum atomic E-state index is 12.9. The quantitative estimate of drug-likeness (QED) is 0.880. The molecule has 0 atom stereocenters. The molecule has 0 unspecified atom stereocenters. The number of thiophene rings is 1. The van der Waals surface area contributed by atoms with Gasteiger partial charge in [0, 0.05) is 23.7 Å². The highest BCUT2D eigenvalue weighted by atomic mass is 32.1. The Morgan fingerprint density at radius 1 is 1.12 bits per heavy atom. The van der Waals surface area contributed by atoms with Crippen LogP contribution in [0, 0.1) is 11.6 Å². The molecule has 1 heterocycles. The SMILES string of the molecule is Nc1ccsc1CNCc1ccc(F)c(F)c1. The molecule has 0 bridgehead atoms. The Hall–Kier alpha value is -1.46. The van der Waals surface area contributed by atoms with Crippen molar-refractivity contribution in [3.63, 3.8) is 0 Å². The van der Waals surface area contributed by atoms with Crippen LogP contribution in [0.3, 0.4) is 0 Å². The molecule has 1 aromatic carbocycles. The number of hydrogen-bond donors (Lipinski definition) is 2. The first-order chi connectivity index (χ1) is 8.16. The van der Waals surface area contributed by atoms with Crippen LogP contribution in [0.4, 0.5) is 14.5 Å². The van der Waals surface area contributed by atoms with Gasteiger partial charge in [-0.1, -0.05) is 6.07 Å². The van der Waals surface area contributed by atoms with Gasteiger partial charge in [0.1, 0.15) is 0 Å². The van der Waals surface area contributed by atoms with Crippen LogP contribution in [0.15, 0.2) is 29.6 Å². The number of benzene rings is 1. The van der Waals surface area contributed by atoms with E-state index in [2.05, 4.69) is 5.32 Å². The van der Waals surface area contributed by atoms with Gasteiger partial charge in [0.05, 0.1) is 0 Å². The molecule has 17 heavy (non-hydrogen) atoms. The molecule has 0 spiro atoms. The Morgan fingerprint density at radius 3 is 2.59 bits per heavy atom. The second-order valence-electron chi connectivity index (χ2n) is 3.65. The highest BCUT2D eigenvalue weighted by Crippen LogP contribution is 2.18. The fourth-order valence-electron chi connectivity index (χ4n) is 1.46. The van der Waals surface area contributed by atoms with E-state index in [9.17, 15) is 8.78 Å². The zero-order chi connectivity index (χ0) is 12.3. The van der Waals surface area contributed by atoms with E-state index in [-0.39, 0.29) is 0 Å². The summed E-state index contributed by atoms with van der Waals surface area (Å²) in [7, 11) is 0. The number of hydrogen-bond acceptors (Lipinski definition) is 3.